The Hall–Kier alpha value is -1.09. The van der Waals surface area contributed by atoms with Crippen LogP contribution >= 0.6 is 0 Å². The Labute approximate surface area is 129 Å². The van der Waals surface area contributed by atoms with Crippen LogP contribution in [0.2, 0.25) is 0 Å². The maximum absolute atomic E-state index is 10.3. The molecule has 21 heavy (non-hydrogen) atoms. The predicted octanol–water partition coefficient (Wildman–Crippen LogP) is 4.86. The van der Waals surface area contributed by atoms with Crippen LogP contribution in [0.1, 0.15) is 77.6 Å². The fraction of sp³-hybridized carbons (Fsp3) is 0.722. The summed E-state index contributed by atoms with van der Waals surface area (Å²) in [5.41, 5.74) is 0. The third kappa shape index (κ3) is 16.9. The second kappa shape index (κ2) is 15.3. The summed E-state index contributed by atoms with van der Waals surface area (Å²) in [6.07, 6.45) is 18.5. The molecule has 0 saturated heterocycles. The van der Waals surface area contributed by atoms with Gasteiger partial charge in [-0.2, -0.15) is 0 Å². The molecule has 0 amide bonds. The molecule has 0 radical (unpaired) electrons. The number of unbranched alkanes of at least 4 members (excludes halogenated alkanes) is 7. The fourth-order valence-corrected chi connectivity index (χ4v) is 2.14. The molecule has 0 fully saturated rings. The SMILES string of the molecule is CCCCCC(O)/C=C/C=C\CCCCCCCC(=O)O. The van der Waals surface area contributed by atoms with Gasteiger partial charge in [-0.05, 0) is 25.7 Å². The van der Waals surface area contributed by atoms with Crippen molar-refractivity contribution in [1.82, 2.24) is 0 Å². The van der Waals surface area contributed by atoms with E-state index in [1.165, 1.54) is 12.8 Å². The van der Waals surface area contributed by atoms with E-state index in [2.05, 4.69) is 13.0 Å². The third-order valence-corrected chi connectivity index (χ3v) is 3.45. The maximum Gasteiger partial charge on any atom is 0.303 e. The monoisotopic (exact) mass is 296 g/mol. The number of aliphatic hydroxyl groups excluding tert-OH is 1. The molecule has 0 saturated carbocycles. The first-order chi connectivity index (χ1) is 10.2. The van der Waals surface area contributed by atoms with Crippen LogP contribution < -0.4 is 0 Å². The lowest BCUT2D eigenvalue weighted by atomic mass is 10.1. The van der Waals surface area contributed by atoms with E-state index in [1.54, 1.807) is 0 Å². The van der Waals surface area contributed by atoms with E-state index in [0.717, 1.165) is 51.4 Å². The Balaban J connectivity index is 3.37. The van der Waals surface area contributed by atoms with E-state index < -0.39 is 5.97 Å². The summed E-state index contributed by atoms with van der Waals surface area (Å²) in [5, 5.41) is 18.2. The first kappa shape index (κ1) is 19.9. The summed E-state index contributed by atoms with van der Waals surface area (Å²) in [6, 6.07) is 0. The Morgan fingerprint density at radius 3 is 2.43 bits per heavy atom. The Bertz CT molecular complexity index is 295. The lowest BCUT2D eigenvalue weighted by molar-refractivity contribution is -0.137. The average molecular weight is 296 g/mol. The molecule has 0 aromatic heterocycles. The van der Waals surface area contributed by atoms with Gasteiger partial charge < -0.3 is 10.2 Å². The largest absolute Gasteiger partial charge is 0.481 e. The summed E-state index contributed by atoms with van der Waals surface area (Å²) in [4.78, 5) is 10.3. The zero-order valence-electron chi connectivity index (χ0n) is 13.5. The van der Waals surface area contributed by atoms with Gasteiger partial charge in [-0.3, -0.25) is 4.79 Å². The number of carbonyl (C=O) groups is 1. The second-order valence-electron chi connectivity index (χ2n) is 5.58. The number of carboxylic acid groups (broad SMARTS) is 1. The van der Waals surface area contributed by atoms with Gasteiger partial charge in [0.25, 0.3) is 0 Å². The Morgan fingerprint density at radius 2 is 1.71 bits per heavy atom. The molecule has 3 nitrogen and oxygen atoms in total. The molecule has 1 atom stereocenters. The van der Waals surface area contributed by atoms with Crippen molar-refractivity contribution in [2.45, 2.75) is 83.7 Å². The number of aliphatic hydroxyl groups is 1. The van der Waals surface area contributed by atoms with Crippen molar-refractivity contribution in [3.05, 3.63) is 24.3 Å². The summed E-state index contributed by atoms with van der Waals surface area (Å²) in [6.45, 7) is 2.16. The number of hydrogen-bond acceptors (Lipinski definition) is 2. The highest BCUT2D eigenvalue weighted by molar-refractivity contribution is 5.66. The Kier molecular flexibility index (Phi) is 14.5. The number of carboxylic acids is 1. The van der Waals surface area contributed by atoms with Gasteiger partial charge in [0.1, 0.15) is 0 Å². The van der Waals surface area contributed by atoms with Crippen LogP contribution in [0.5, 0.6) is 0 Å². The molecule has 0 rings (SSSR count). The Morgan fingerprint density at radius 1 is 1.00 bits per heavy atom. The molecule has 0 aliphatic rings. The maximum atomic E-state index is 10.3. The highest BCUT2D eigenvalue weighted by Gasteiger charge is 1.97. The van der Waals surface area contributed by atoms with E-state index in [-0.39, 0.29) is 6.10 Å². The lowest BCUT2D eigenvalue weighted by Crippen LogP contribution is -2.00. The number of aliphatic carboxylic acids is 1. The van der Waals surface area contributed by atoms with Gasteiger partial charge in [0.15, 0.2) is 0 Å². The van der Waals surface area contributed by atoms with Gasteiger partial charge in [0.05, 0.1) is 6.10 Å². The first-order valence-corrected chi connectivity index (χ1v) is 8.40. The molecule has 3 heteroatoms. The quantitative estimate of drug-likeness (QED) is 0.355. The molecule has 2 N–H and O–H groups in total. The molecule has 0 aliphatic carbocycles. The predicted molar refractivity (Wildman–Crippen MR) is 88.4 cm³/mol. The van der Waals surface area contributed by atoms with Gasteiger partial charge in [0.2, 0.25) is 0 Å². The van der Waals surface area contributed by atoms with E-state index >= 15 is 0 Å². The zero-order valence-corrected chi connectivity index (χ0v) is 13.5. The van der Waals surface area contributed by atoms with Crippen molar-refractivity contribution < 1.29 is 15.0 Å². The molecule has 122 valence electrons. The lowest BCUT2D eigenvalue weighted by Gasteiger charge is -2.03. The van der Waals surface area contributed by atoms with Crippen molar-refractivity contribution in [3.8, 4) is 0 Å². The average Bonchev–Trinajstić information content (AvgIpc) is 2.44. The highest BCUT2D eigenvalue weighted by atomic mass is 16.4. The minimum atomic E-state index is -0.693. The number of hydrogen-bond donors (Lipinski definition) is 2. The third-order valence-electron chi connectivity index (χ3n) is 3.45. The summed E-state index contributed by atoms with van der Waals surface area (Å²) in [7, 11) is 0. The molecule has 0 aliphatic heterocycles. The van der Waals surface area contributed by atoms with Gasteiger partial charge in [-0.25, -0.2) is 0 Å². The standard InChI is InChI=1S/C18H32O3/c1-2-3-11-14-17(19)15-12-9-7-5-4-6-8-10-13-16-18(20)21/h7,9,12,15,17,19H,2-6,8,10-11,13-14,16H2,1H3,(H,20,21)/b9-7-,15-12+. The van der Waals surface area contributed by atoms with Crippen molar-refractivity contribution in [2.24, 2.45) is 0 Å². The molecule has 0 spiro atoms. The van der Waals surface area contributed by atoms with Crippen LogP contribution in [-0.2, 0) is 4.79 Å². The van der Waals surface area contributed by atoms with E-state index in [0.29, 0.717) is 6.42 Å². The van der Waals surface area contributed by atoms with Gasteiger partial charge in [-0.1, -0.05) is 69.8 Å². The normalized spacial score (nSPS) is 13.2. The van der Waals surface area contributed by atoms with Crippen molar-refractivity contribution in [2.75, 3.05) is 0 Å². The molecule has 0 bridgehead atoms. The van der Waals surface area contributed by atoms with Crippen molar-refractivity contribution >= 4 is 5.97 Å². The van der Waals surface area contributed by atoms with Crippen LogP contribution in [0.3, 0.4) is 0 Å². The molecule has 0 aromatic carbocycles. The molecule has 0 aromatic rings. The van der Waals surface area contributed by atoms with Crippen LogP contribution in [0.25, 0.3) is 0 Å². The van der Waals surface area contributed by atoms with E-state index in [1.807, 2.05) is 18.2 Å². The summed E-state index contributed by atoms with van der Waals surface area (Å²) < 4.78 is 0. The number of allylic oxidation sites excluding steroid dienone is 3. The van der Waals surface area contributed by atoms with Crippen LogP contribution in [0.15, 0.2) is 24.3 Å². The zero-order chi connectivity index (χ0) is 15.8. The van der Waals surface area contributed by atoms with Gasteiger partial charge >= 0.3 is 5.97 Å². The summed E-state index contributed by atoms with van der Waals surface area (Å²) in [5.74, 6) is -0.693. The fourth-order valence-electron chi connectivity index (χ4n) is 2.14. The van der Waals surface area contributed by atoms with Gasteiger partial charge in [-0.15, -0.1) is 0 Å². The minimum absolute atomic E-state index is 0.297. The minimum Gasteiger partial charge on any atom is -0.481 e. The topological polar surface area (TPSA) is 57.5 Å². The van der Waals surface area contributed by atoms with Gasteiger partial charge in [0, 0.05) is 6.42 Å². The molecule has 0 heterocycles. The smallest absolute Gasteiger partial charge is 0.303 e. The van der Waals surface area contributed by atoms with Crippen LogP contribution in [0.4, 0.5) is 0 Å². The number of rotatable bonds is 14. The molecule has 1 unspecified atom stereocenters. The molecular weight excluding hydrogens is 264 g/mol. The van der Waals surface area contributed by atoms with E-state index in [4.69, 9.17) is 5.11 Å². The van der Waals surface area contributed by atoms with Crippen LogP contribution in [0, 0.1) is 0 Å². The first-order valence-electron chi connectivity index (χ1n) is 8.40. The second-order valence-corrected chi connectivity index (χ2v) is 5.58. The summed E-state index contributed by atoms with van der Waals surface area (Å²) >= 11 is 0. The van der Waals surface area contributed by atoms with Crippen molar-refractivity contribution in [1.29, 1.82) is 0 Å². The van der Waals surface area contributed by atoms with E-state index in [9.17, 15) is 9.90 Å². The highest BCUT2D eigenvalue weighted by Crippen LogP contribution is 2.08. The van der Waals surface area contributed by atoms with Crippen LogP contribution in [-0.4, -0.2) is 22.3 Å². The van der Waals surface area contributed by atoms with Crippen molar-refractivity contribution in [3.63, 3.8) is 0 Å². The molecular formula is C18H32O3.